The Labute approximate surface area is 236 Å². The van der Waals surface area contributed by atoms with Gasteiger partial charge in [0.15, 0.2) is 0 Å². The van der Waals surface area contributed by atoms with Gasteiger partial charge in [0.1, 0.15) is 17.2 Å². The number of hydrogen-bond acceptors (Lipinski definition) is 12. The van der Waals surface area contributed by atoms with Crippen LogP contribution in [0.15, 0.2) is 73.8 Å². The Balaban J connectivity index is 1.67. The van der Waals surface area contributed by atoms with Crippen molar-refractivity contribution in [3.8, 4) is 17.2 Å². The van der Waals surface area contributed by atoms with E-state index in [2.05, 4.69) is 13.2 Å². The summed E-state index contributed by atoms with van der Waals surface area (Å²) in [5.41, 5.74) is 0.197. The second kappa shape index (κ2) is 18.2. The van der Waals surface area contributed by atoms with E-state index < -0.39 is 30.2 Å². The maximum absolute atomic E-state index is 12.4. The van der Waals surface area contributed by atoms with Gasteiger partial charge in [0, 0.05) is 12.2 Å². The third-order valence-corrected chi connectivity index (χ3v) is 4.87. The number of carbonyl (C=O) groups is 5. The number of rotatable bonds is 16. The summed E-state index contributed by atoms with van der Waals surface area (Å²) in [6, 6.07) is 11.4. The topological polar surface area (TPSA) is 150 Å². The van der Waals surface area contributed by atoms with Crippen molar-refractivity contribution >= 4 is 30.2 Å². The zero-order valence-electron chi connectivity index (χ0n) is 22.2. The third kappa shape index (κ3) is 13.5. The Bertz CT molecular complexity index is 1190. The molecule has 0 atom stereocenters. The van der Waals surface area contributed by atoms with E-state index in [4.69, 9.17) is 33.2 Å². The number of unbranched alkanes of at least 4 members (excludes halogenated alkanes) is 2. The van der Waals surface area contributed by atoms with E-state index >= 15 is 0 Å². The number of benzene rings is 2. The molecule has 0 aliphatic heterocycles. The highest BCUT2D eigenvalue weighted by Gasteiger charge is 2.12. The highest BCUT2D eigenvalue weighted by Crippen LogP contribution is 2.20. The molecule has 0 unspecified atom stereocenters. The lowest BCUT2D eigenvalue weighted by molar-refractivity contribution is -0.138. The molecular weight excluding hydrogens is 540 g/mol. The monoisotopic (exact) mass is 570 g/mol. The quantitative estimate of drug-likeness (QED) is 0.0670. The fourth-order valence-electron chi connectivity index (χ4n) is 2.83. The summed E-state index contributed by atoms with van der Waals surface area (Å²) in [5, 5.41) is 0. The van der Waals surface area contributed by atoms with Gasteiger partial charge >= 0.3 is 30.2 Å². The van der Waals surface area contributed by atoms with E-state index in [1.54, 1.807) is 0 Å². The van der Waals surface area contributed by atoms with Gasteiger partial charge in [-0.15, -0.1) is 0 Å². The van der Waals surface area contributed by atoms with Crippen LogP contribution in [-0.4, -0.2) is 56.6 Å². The van der Waals surface area contributed by atoms with E-state index in [0.29, 0.717) is 25.7 Å². The van der Waals surface area contributed by atoms with Gasteiger partial charge in [0.2, 0.25) is 0 Å². The molecule has 0 aromatic heterocycles. The Hall–Kier alpha value is -5.13. The lowest BCUT2D eigenvalue weighted by Crippen LogP contribution is -2.13. The molecule has 0 N–H and O–H groups in total. The maximum atomic E-state index is 12.4. The molecule has 2 aromatic rings. The molecule has 12 nitrogen and oxygen atoms in total. The van der Waals surface area contributed by atoms with E-state index in [-0.39, 0.29) is 49.2 Å². The summed E-state index contributed by atoms with van der Waals surface area (Å²) >= 11 is 0. The molecule has 0 aliphatic carbocycles. The van der Waals surface area contributed by atoms with Gasteiger partial charge in [-0.2, -0.15) is 0 Å². The van der Waals surface area contributed by atoms with Gasteiger partial charge in [0.25, 0.3) is 0 Å². The van der Waals surface area contributed by atoms with E-state index in [1.165, 1.54) is 48.5 Å². The summed E-state index contributed by atoms with van der Waals surface area (Å²) in [5.74, 6) is -1.15. The number of esters is 3. The molecule has 0 saturated heterocycles. The molecule has 0 saturated carbocycles. The molecule has 0 bridgehead atoms. The van der Waals surface area contributed by atoms with Crippen LogP contribution >= 0.6 is 0 Å². The molecule has 0 spiro atoms. The molecular formula is C29H30O12. The van der Waals surface area contributed by atoms with Crippen LogP contribution in [0.3, 0.4) is 0 Å². The standard InChI is InChI=1S/C29H30O12/c1-3-25(30)35-17-5-7-19-37-28(33)40-23-11-9-21(10-12-23)27(32)39-22-13-15-24(16-14-22)41-29(34)38-20-8-6-18-36-26(31)4-2/h3-4,9-16H,1-2,5-8,17-20H2. The fourth-order valence-corrected chi connectivity index (χ4v) is 2.83. The largest absolute Gasteiger partial charge is 0.513 e. The SMILES string of the molecule is C=CC(=O)OCCCCOC(=O)Oc1ccc(OC(=O)c2ccc(OC(=O)OCCCCOC(=O)C=C)cc2)cc1. The first-order valence-electron chi connectivity index (χ1n) is 12.5. The van der Waals surface area contributed by atoms with Crippen molar-refractivity contribution in [2.75, 3.05) is 26.4 Å². The third-order valence-electron chi connectivity index (χ3n) is 4.87. The highest BCUT2D eigenvalue weighted by molar-refractivity contribution is 5.91. The zero-order chi connectivity index (χ0) is 29.9. The lowest BCUT2D eigenvalue weighted by atomic mass is 10.2. The number of ether oxygens (including phenoxy) is 7. The minimum atomic E-state index is -0.916. The first kappa shape index (κ1) is 32.1. The Morgan fingerprint density at radius 1 is 0.512 bits per heavy atom. The summed E-state index contributed by atoms with van der Waals surface area (Å²) in [6.45, 7) is 7.12. The van der Waals surface area contributed by atoms with Crippen LogP contribution in [-0.2, 0) is 28.5 Å². The molecule has 2 rings (SSSR count). The van der Waals surface area contributed by atoms with Crippen LogP contribution in [0.1, 0.15) is 36.0 Å². The van der Waals surface area contributed by atoms with Crippen LogP contribution in [0.2, 0.25) is 0 Å². The molecule has 2 aromatic carbocycles. The first-order chi connectivity index (χ1) is 19.8. The number of carbonyl (C=O) groups excluding carboxylic acids is 5. The Morgan fingerprint density at radius 3 is 1.24 bits per heavy atom. The van der Waals surface area contributed by atoms with Crippen molar-refractivity contribution in [2.24, 2.45) is 0 Å². The van der Waals surface area contributed by atoms with Crippen molar-refractivity contribution in [1.82, 2.24) is 0 Å². The van der Waals surface area contributed by atoms with Crippen molar-refractivity contribution < 1.29 is 57.1 Å². The molecule has 0 heterocycles. The minimum Gasteiger partial charge on any atom is -0.463 e. The van der Waals surface area contributed by atoms with Crippen molar-refractivity contribution in [2.45, 2.75) is 25.7 Å². The predicted octanol–water partition coefficient (Wildman–Crippen LogP) is 4.96. The molecule has 41 heavy (non-hydrogen) atoms. The second-order valence-corrected chi connectivity index (χ2v) is 7.94. The minimum absolute atomic E-state index is 0.0799. The average molecular weight is 571 g/mol. The fraction of sp³-hybridized carbons (Fsp3) is 0.276. The maximum Gasteiger partial charge on any atom is 0.513 e. The summed E-state index contributed by atoms with van der Waals surface area (Å²) in [4.78, 5) is 57.8. The van der Waals surface area contributed by atoms with Gasteiger partial charge < -0.3 is 33.2 Å². The first-order valence-corrected chi connectivity index (χ1v) is 12.5. The number of hydrogen-bond donors (Lipinski definition) is 0. The van der Waals surface area contributed by atoms with Crippen LogP contribution < -0.4 is 14.2 Å². The van der Waals surface area contributed by atoms with Crippen LogP contribution in [0.4, 0.5) is 9.59 Å². The van der Waals surface area contributed by atoms with Crippen molar-refractivity contribution in [3.63, 3.8) is 0 Å². The van der Waals surface area contributed by atoms with Crippen molar-refractivity contribution in [3.05, 3.63) is 79.4 Å². The predicted molar refractivity (Wildman–Crippen MR) is 143 cm³/mol. The second-order valence-electron chi connectivity index (χ2n) is 7.94. The van der Waals surface area contributed by atoms with E-state index in [9.17, 15) is 24.0 Å². The van der Waals surface area contributed by atoms with Gasteiger partial charge in [-0.3, -0.25) is 0 Å². The van der Waals surface area contributed by atoms with Gasteiger partial charge in [-0.25, -0.2) is 24.0 Å². The summed E-state index contributed by atoms with van der Waals surface area (Å²) in [7, 11) is 0. The normalized spacial score (nSPS) is 9.95. The van der Waals surface area contributed by atoms with Gasteiger partial charge in [0.05, 0.1) is 32.0 Å². The average Bonchev–Trinajstić information content (AvgIpc) is 2.97. The van der Waals surface area contributed by atoms with Crippen molar-refractivity contribution in [1.29, 1.82) is 0 Å². The zero-order valence-corrected chi connectivity index (χ0v) is 22.2. The molecule has 218 valence electrons. The van der Waals surface area contributed by atoms with Crippen LogP contribution in [0.25, 0.3) is 0 Å². The smallest absolute Gasteiger partial charge is 0.463 e. The lowest BCUT2D eigenvalue weighted by Gasteiger charge is -2.08. The Morgan fingerprint density at radius 2 is 0.854 bits per heavy atom. The molecule has 12 heteroatoms. The van der Waals surface area contributed by atoms with Crippen LogP contribution in [0.5, 0.6) is 17.2 Å². The van der Waals surface area contributed by atoms with Gasteiger partial charge in [-0.1, -0.05) is 13.2 Å². The molecule has 0 fully saturated rings. The Kier molecular flexibility index (Phi) is 14.2. The summed E-state index contributed by atoms with van der Waals surface area (Å²) in [6.07, 6.45) is 2.27. The molecule has 0 radical (unpaired) electrons. The van der Waals surface area contributed by atoms with E-state index in [0.717, 1.165) is 12.2 Å². The molecule has 0 aliphatic rings. The van der Waals surface area contributed by atoms with Crippen LogP contribution in [0, 0.1) is 0 Å². The van der Waals surface area contributed by atoms with Gasteiger partial charge in [-0.05, 0) is 74.2 Å². The van der Waals surface area contributed by atoms with E-state index in [1.807, 2.05) is 0 Å². The summed E-state index contributed by atoms with van der Waals surface area (Å²) < 4.78 is 34.9. The molecule has 0 amide bonds. The highest BCUT2D eigenvalue weighted by atomic mass is 16.7.